The number of benzene rings is 1. The van der Waals surface area contributed by atoms with E-state index >= 15 is 0 Å². The molecule has 0 fully saturated rings. The molecular formula is C11H14O3S. The highest BCUT2D eigenvalue weighted by atomic mass is 32.2. The number of carbonyl (C=O) groups excluding carboxylic acids is 1. The van der Waals surface area contributed by atoms with Crippen LogP contribution in [0.3, 0.4) is 0 Å². The maximum atomic E-state index is 11.8. The number of ketones is 1. The summed E-state index contributed by atoms with van der Waals surface area (Å²) in [6.45, 7) is 0. The Morgan fingerprint density at radius 2 is 2.07 bits per heavy atom. The van der Waals surface area contributed by atoms with Gasteiger partial charge in [0.2, 0.25) is 12.1 Å². The van der Waals surface area contributed by atoms with Gasteiger partial charge in [0.25, 0.3) is 0 Å². The van der Waals surface area contributed by atoms with Crippen LogP contribution in [-0.2, 0) is 9.47 Å². The van der Waals surface area contributed by atoms with Gasteiger partial charge in [-0.15, -0.1) is 11.8 Å². The zero-order chi connectivity index (χ0) is 11.1. The first-order valence-electron chi connectivity index (χ1n) is 4.52. The van der Waals surface area contributed by atoms with Crippen LogP contribution in [0.15, 0.2) is 30.3 Å². The van der Waals surface area contributed by atoms with Gasteiger partial charge in [0, 0.05) is 12.7 Å². The molecule has 0 aliphatic rings. The van der Waals surface area contributed by atoms with Crippen molar-refractivity contribution in [3.63, 3.8) is 0 Å². The first-order chi connectivity index (χ1) is 7.29. The average molecular weight is 226 g/mol. The summed E-state index contributed by atoms with van der Waals surface area (Å²) in [5.74, 6) is 0.295. The molecule has 15 heavy (non-hydrogen) atoms. The summed E-state index contributed by atoms with van der Waals surface area (Å²) in [5.41, 5.74) is 0.602. The fourth-order valence-corrected chi connectivity index (χ4v) is 1.38. The van der Waals surface area contributed by atoms with Crippen LogP contribution in [0.4, 0.5) is 0 Å². The second-order valence-corrected chi connectivity index (χ2v) is 3.68. The van der Waals surface area contributed by atoms with Crippen LogP contribution in [0, 0.1) is 0 Å². The predicted molar refractivity (Wildman–Crippen MR) is 61.0 cm³/mol. The predicted octanol–water partition coefficient (Wildman–Crippen LogP) is 2.18. The number of hydrogen-bond acceptors (Lipinski definition) is 4. The minimum atomic E-state index is -0.806. The molecule has 3 nitrogen and oxygen atoms in total. The molecule has 0 spiro atoms. The van der Waals surface area contributed by atoms with Gasteiger partial charge in [-0.25, -0.2) is 0 Å². The highest BCUT2D eigenvalue weighted by molar-refractivity contribution is 7.98. The van der Waals surface area contributed by atoms with E-state index in [9.17, 15) is 4.79 Å². The van der Waals surface area contributed by atoms with Crippen LogP contribution in [0.2, 0.25) is 0 Å². The van der Waals surface area contributed by atoms with Crippen molar-refractivity contribution in [3.05, 3.63) is 35.9 Å². The van der Waals surface area contributed by atoms with Gasteiger partial charge >= 0.3 is 0 Å². The number of methoxy groups -OCH3 is 1. The van der Waals surface area contributed by atoms with Gasteiger partial charge in [-0.3, -0.25) is 4.79 Å². The highest BCUT2D eigenvalue weighted by Crippen LogP contribution is 2.08. The summed E-state index contributed by atoms with van der Waals surface area (Å²) in [5, 5.41) is 0. The second-order valence-electron chi connectivity index (χ2n) is 2.87. The Labute approximate surface area is 93.8 Å². The third-order valence-electron chi connectivity index (χ3n) is 1.82. The van der Waals surface area contributed by atoms with E-state index in [1.165, 1.54) is 18.9 Å². The lowest BCUT2D eigenvalue weighted by Crippen LogP contribution is -2.26. The molecule has 0 bridgehead atoms. The molecule has 0 aromatic heterocycles. The van der Waals surface area contributed by atoms with Gasteiger partial charge < -0.3 is 9.47 Å². The first-order valence-corrected chi connectivity index (χ1v) is 5.91. The maximum Gasteiger partial charge on any atom is 0.223 e. The lowest BCUT2D eigenvalue weighted by Gasteiger charge is -2.14. The minimum Gasteiger partial charge on any atom is -0.349 e. The molecule has 0 saturated carbocycles. The highest BCUT2D eigenvalue weighted by Gasteiger charge is 2.19. The van der Waals surface area contributed by atoms with Gasteiger partial charge in [0.15, 0.2) is 0 Å². The molecule has 0 amide bonds. The normalized spacial score (nSPS) is 12.4. The third-order valence-corrected chi connectivity index (χ3v) is 2.20. The Morgan fingerprint density at radius 3 is 2.60 bits per heavy atom. The molecule has 0 heterocycles. The second kappa shape index (κ2) is 6.61. The smallest absolute Gasteiger partial charge is 0.223 e. The molecule has 4 heteroatoms. The van der Waals surface area contributed by atoms with E-state index in [0.29, 0.717) is 11.5 Å². The largest absolute Gasteiger partial charge is 0.349 e. The third kappa shape index (κ3) is 3.66. The van der Waals surface area contributed by atoms with Gasteiger partial charge in [0.05, 0.1) is 5.94 Å². The maximum absolute atomic E-state index is 11.8. The number of rotatable bonds is 6. The Balaban J connectivity index is 2.65. The standard InChI is InChI=1S/C11H14O3S/c1-13-11(14-8-15-2)10(12)9-6-4-3-5-7-9/h3-7,11H,8H2,1-2H3. The van der Waals surface area contributed by atoms with Crippen molar-refractivity contribution in [1.82, 2.24) is 0 Å². The number of Topliss-reactive ketones (excluding diaryl/α,β-unsaturated/α-hetero) is 1. The Hall–Kier alpha value is -0.840. The van der Waals surface area contributed by atoms with E-state index in [4.69, 9.17) is 9.47 Å². The van der Waals surface area contributed by atoms with Crippen molar-refractivity contribution < 1.29 is 14.3 Å². The summed E-state index contributed by atoms with van der Waals surface area (Å²) in [4.78, 5) is 11.8. The van der Waals surface area contributed by atoms with Crippen molar-refractivity contribution >= 4 is 17.5 Å². The lowest BCUT2D eigenvalue weighted by atomic mass is 10.1. The zero-order valence-corrected chi connectivity index (χ0v) is 9.62. The summed E-state index contributed by atoms with van der Waals surface area (Å²) >= 11 is 1.50. The Morgan fingerprint density at radius 1 is 1.40 bits per heavy atom. The molecule has 0 N–H and O–H groups in total. The Bertz CT molecular complexity index is 300. The molecule has 1 aromatic carbocycles. The first kappa shape index (κ1) is 12.2. The molecule has 1 aromatic rings. The van der Waals surface area contributed by atoms with Crippen LogP contribution in [0.25, 0.3) is 0 Å². The fraction of sp³-hybridized carbons (Fsp3) is 0.364. The fourth-order valence-electron chi connectivity index (χ4n) is 1.12. The number of hydrogen-bond donors (Lipinski definition) is 0. The van der Waals surface area contributed by atoms with Crippen molar-refractivity contribution in [3.8, 4) is 0 Å². The van der Waals surface area contributed by atoms with Gasteiger partial charge in [-0.1, -0.05) is 30.3 Å². The van der Waals surface area contributed by atoms with Crippen molar-refractivity contribution in [2.24, 2.45) is 0 Å². The van der Waals surface area contributed by atoms with E-state index < -0.39 is 6.29 Å². The van der Waals surface area contributed by atoms with Crippen molar-refractivity contribution in [2.45, 2.75) is 6.29 Å². The molecule has 1 rings (SSSR count). The molecule has 82 valence electrons. The quantitative estimate of drug-likeness (QED) is 0.550. The van der Waals surface area contributed by atoms with Crippen LogP contribution in [-0.4, -0.2) is 31.4 Å². The average Bonchev–Trinajstić information content (AvgIpc) is 2.31. The summed E-state index contributed by atoms with van der Waals surface area (Å²) in [6.07, 6.45) is 1.10. The van der Waals surface area contributed by atoms with E-state index in [1.54, 1.807) is 12.1 Å². The minimum absolute atomic E-state index is 0.146. The molecule has 0 saturated heterocycles. The zero-order valence-electron chi connectivity index (χ0n) is 8.80. The number of thioether (sulfide) groups is 1. The SMILES string of the molecule is COC(OCSC)C(=O)c1ccccc1. The van der Waals surface area contributed by atoms with Crippen LogP contribution < -0.4 is 0 Å². The molecular weight excluding hydrogens is 212 g/mol. The lowest BCUT2D eigenvalue weighted by molar-refractivity contribution is -0.0795. The van der Waals surface area contributed by atoms with Crippen molar-refractivity contribution in [1.29, 1.82) is 0 Å². The molecule has 1 unspecified atom stereocenters. The summed E-state index contributed by atoms with van der Waals surface area (Å²) in [7, 11) is 1.46. The van der Waals surface area contributed by atoms with Gasteiger partial charge in [-0.2, -0.15) is 0 Å². The molecule has 0 aliphatic heterocycles. The monoisotopic (exact) mass is 226 g/mol. The number of carbonyl (C=O) groups is 1. The van der Waals surface area contributed by atoms with E-state index in [0.717, 1.165) is 0 Å². The van der Waals surface area contributed by atoms with E-state index in [1.807, 2.05) is 24.5 Å². The molecule has 0 radical (unpaired) electrons. The van der Waals surface area contributed by atoms with E-state index in [-0.39, 0.29) is 5.78 Å². The Kier molecular flexibility index (Phi) is 5.39. The molecule has 1 atom stereocenters. The summed E-state index contributed by atoms with van der Waals surface area (Å²) in [6, 6.07) is 8.98. The summed E-state index contributed by atoms with van der Waals surface area (Å²) < 4.78 is 10.2. The van der Waals surface area contributed by atoms with Crippen LogP contribution in [0.5, 0.6) is 0 Å². The topological polar surface area (TPSA) is 35.5 Å². The van der Waals surface area contributed by atoms with Crippen molar-refractivity contribution in [2.75, 3.05) is 19.3 Å². The van der Waals surface area contributed by atoms with Crippen LogP contribution >= 0.6 is 11.8 Å². The molecule has 0 aliphatic carbocycles. The van der Waals surface area contributed by atoms with Crippen LogP contribution in [0.1, 0.15) is 10.4 Å². The van der Waals surface area contributed by atoms with E-state index in [2.05, 4.69) is 0 Å². The number of ether oxygens (including phenoxy) is 2. The van der Waals surface area contributed by atoms with Gasteiger partial charge in [-0.05, 0) is 6.26 Å². The van der Waals surface area contributed by atoms with Gasteiger partial charge in [0.1, 0.15) is 0 Å².